The van der Waals surface area contributed by atoms with Gasteiger partial charge in [0.2, 0.25) is 0 Å². The SMILES string of the molecule is O=C(NNC(=S)Nc1ccc(F)cc1)c1ccc(Cl)cc1Cl. The molecule has 1 amide bonds. The van der Waals surface area contributed by atoms with E-state index in [1.165, 1.54) is 36.4 Å². The van der Waals surface area contributed by atoms with E-state index in [0.717, 1.165) is 0 Å². The first-order chi connectivity index (χ1) is 10.5. The number of thiocarbonyl (C=S) groups is 1. The summed E-state index contributed by atoms with van der Waals surface area (Å²) in [6.45, 7) is 0. The third kappa shape index (κ3) is 4.56. The first kappa shape index (κ1) is 16.5. The summed E-state index contributed by atoms with van der Waals surface area (Å²) in [7, 11) is 0. The van der Waals surface area contributed by atoms with Gasteiger partial charge in [0.05, 0.1) is 10.6 Å². The van der Waals surface area contributed by atoms with Gasteiger partial charge in [0.25, 0.3) is 5.91 Å². The van der Waals surface area contributed by atoms with Crippen LogP contribution in [0.4, 0.5) is 10.1 Å². The quantitative estimate of drug-likeness (QED) is 0.565. The predicted octanol–water partition coefficient (Wildman–Crippen LogP) is 3.76. The topological polar surface area (TPSA) is 53.2 Å². The molecule has 0 saturated heterocycles. The second kappa shape index (κ2) is 7.40. The van der Waals surface area contributed by atoms with Gasteiger partial charge < -0.3 is 5.32 Å². The van der Waals surface area contributed by atoms with E-state index in [9.17, 15) is 9.18 Å². The molecule has 114 valence electrons. The van der Waals surface area contributed by atoms with Crippen LogP contribution in [0.25, 0.3) is 0 Å². The van der Waals surface area contributed by atoms with Gasteiger partial charge in [0.15, 0.2) is 5.11 Å². The average Bonchev–Trinajstić information content (AvgIpc) is 2.47. The Balaban J connectivity index is 1.90. The summed E-state index contributed by atoms with van der Waals surface area (Å²) in [6, 6.07) is 10.1. The van der Waals surface area contributed by atoms with Crippen molar-refractivity contribution in [1.82, 2.24) is 10.9 Å². The highest BCUT2D eigenvalue weighted by atomic mass is 35.5. The largest absolute Gasteiger partial charge is 0.331 e. The number of halogens is 3. The van der Waals surface area contributed by atoms with E-state index >= 15 is 0 Å². The van der Waals surface area contributed by atoms with Gasteiger partial charge in [-0.2, -0.15) is 0 Å². The van der Waals surface area contributed by atoms with Gasteiger partial charge in [0, 0.05) is 10.7 Å². The molecule has 0 saturated carbocycles. The standard InChI is InChI=1S/C14H10Cl2FN3OS/c15-8-1-6-11(12(16)7-8)13(21)19-20-14(22)18-10-4-2-9(17)3-5-10/h1-7H,(H,19,21)(H2,18,20,22). The zero-order valence-corrected chi connectivity index (χ0v) is 13.3. The molecule has 0 bridgehead atoms. The maximum atomic E-state index is 12.8. The summed E-state index contributed by atoms with van der Waals surface area (Å²) < 4.78 is 12.8. The fraction of sp³-hybridized carbons (Fsp3) is 0. The number of benzene rings is 2. The van der Waals surface area contributed by atoms with Gasteiger partial charge in [-0.05, 0) is 54.7 Å². The summed E-state index contributed by atoms with van der Waals surface area (Å²) in [6.07, 6.45) is 0. The molecule has 0 unspecified atom stereocenters. The van der Waals surface area contributed by atoms with Gasteiger partial charge in [-0.3, -0.25) is 15.6 Å². The van der Waals surface area contributed by atoms with E-state index in [1.807, 2.05) is 0 Å². The number of hydrazine groups is 1. The monoisotopic (exact) mass is 357 g/mol. The van der Waals surface area contributed by atoms with Gasteiger partial charge in [-0.25, -0.2) is 4.39 Å². The second-order valence-electron chi connectivity index (χ2n) is 4.16. The Hall–Kier alpha value is -1.89. The third-order valence-corrected chi connectivity index (χ3v) is 3.32. The lowest BCUT2D eigenvalue weighted by molar-refractivity contribution is 0.0944. The van der Waals surface area contributed by atoms with Crippen molar-refractivity contribution in [3.63, 3.8) is 0 Å². The number of carbonyl (C=O) groups excluding carboxylic acids is 1. The van der Waals surface area contributed by atoms with Crippen LogP contribution in [0.15, 0.2) is 42.5 Å². The highest BCUT2D eigenvalue weighted by Crippen LogP contribution is 2.20. The molecular formula is C14H10Cl2FN3OS. The minimum absolute atomic E-state index is 0.144. The average molecular weight is 358 g/mol. The van der Waals surface area contributed by atoms with Crippen LogP contribution in [0.5, 0.6) is 0 Å². The molecule has 0 aliphatic carbocycles. The Kier molecular flexibility index (Phi) is 5.54. The minimum Gasteiger partial charge on any atom is -0.331 e. The molecule has 2 aromatic carbocycles. The molecule has 0 atom stereocenters. The molecular weight excluding hydrogens is 348 g/mol. The molecule has 3 N–H and O–H groups in total. The van der Waals surface area contributed by atoms with Gasteiger partial charge in [-0.1, -0.05) is 23.2 Å². The lowest BCUT2D eigenvalue weighted by Crippen LogP contribution is -2.43. The molecule has 2 aromatic rings. The summed E-state index contributed by atoms with van der Waals surface area (Å²) in [5.41, 5.74) is 5.75. The number of rotatable bonds is 2. The Morgan fingerprint density at radius 2 is 1.73 bits per heavy atom. The number of amides is 1. The van der Waals surface area contributed by atoms with Crippen molar-refractivity contribution >= 4 is 52.1 Å². The number of carbonyl (C=O) groups is 1. The molecule has 0 radical (unpaired) electrons. The molecule has 22 heavy (non-hydrogen) atoms. The van der Waals surface area contributed by atoms with E-state index in [2.05, 4.69) is 16.2 Å². The first-order valence-electron chi connectivity index (χ1n) is 6.03. The predicted molar refractivity (Wildman–Crippen MR) is 89.7 cm³/mol. The Labute approximate surface area is 141 Å². The zero-order chi connectivity index (χ0) is 16.1. The van der Waals surface area contributed by atoms with Crippen LogP contribution in [0.1, 0.15) is 10.4 Å². The maximum absolute atomic E-state index is 12.8. The van der Waals surface area contributed by atoms with Crippen LogP contribution < -0.4 is 16.2 Å². The van der Waals surface area contributed by atoms with E-state index in [-0.39, 0.29) is 21.5 Å². The van der Waals surface area contributed by atoms with Gasteiger partial charge >= 0.3 is 0 Å². The van der Waals surface area contributed by atoms with E-state index < -0.39 is 5.91 Å². The highest BCUT2D eigenvalue weighted by Gasteiger charge is 2.10. The maximum Gasteiger partial charge on any atom is 0.271 e. The summed E-state index contributed by atoms with van der Waals surface area (Å²) in [5, 5.41) is 3.59. The highest BCUT2D eigenvalue weighted by molar-refractivity contribution is 7.80. The summed E-state index contributed by atoms with van der Waals surface area (Å²) in [5.74, 6) is -0.819. The molecule has 4 nitrogen and oxygen atoms in total. The van der Waals surface area contributed by atoms with Crippen LogP contribution >= 0.6 is 35.4 Å². The number of hydrogen-bond donors (Lipinski definition) is 3. The molecule has 0 aliphatic rings. The lowest BCUT2D eigenvalue weighted by atomic mass is 10.2. The lowest BCUT2D eigenvalue weighted by Gasteiger charge is -2.12. The number of nitrogens with one attached hydrogen (secondary N) is 3. The van der Waals surface area contributed by atoms with E-state index in [0.29, 0.717) is 10.7 Å². The smallest absolute Gasteiger partial charge is 0.271 e. The zero-order valence-electron chi connectivity index (χ0n) is 11.0. The Morgan fingerprint density at radius 1 is 1.05 bits per heavy atom. The van der Waals surface area contributed by atoms with Crippen LogP contribution in [-0.2, 0) is 0 Å². The van der Waals surface area contributed by atoms with Crippen LogP contribution in [-0.4, -0.2) is 11.0 Å². The van der Waals surface area contributed by atoms with E-state index in [1.54, 1.807) is 6.07 Å². The molecule has 0 heterocycles. The van der Waals surface area contributed by atoms with E-state index in [4.69, 9.17) is 35.4 Å². The molecule has 0 aliphatic heterocycles. The normalized spacial score (nSPS) is 9.95. The third-order valence-electron chi connectivity index (χ3n) is 2.57. The Morgan fingerprint density at radius 3 is 2.36 bits per heavy atom. The molecule has 0 aromatic heterocycles. The fourth-order valence-corrected chi connectivity index (χ4v) is 2.21. The molecule has 0 fully saturated rings. The number of anilines is 1. The summed E-state index contributed by atoms with van der Waals surface area (Å²) >= 11 is 16.7. The Bertz CT molecular complexity index is 710. The second-order valence-corrected chi connectivity index (χ2v) is 5.42. The molecule has 8 heteroatoms. The van der Waals surface area contributed by atoms with Crippen molar-refractivity contribution in [3.8, 4) is 0 Å². The molecule has 0 spiro atoms. The van der Waals surface area contributed by atoms with Crippen molar-refractivity contribution in [2.75, 3.05) is 5.32 Å². The minimum atomic E-state index is -0.468. The van der Waals surface area contributed by atoms with Crippen molar-refractivity contribution in [1.29, 1.82) is 0 Å². The van der Waals surface area contributed by atoms with Crippen molar-refractivity contribution in [2.45, 2.75) is 0 Å². The van der Waals surface area contributed by atoms with Gasteiger partial charge in [-0.15, -0.1) is 0 Å². The van der Waals surface area contributed by atoms with Crippen LogP contribution in [0, 0.1) is 5.82 Å². The van der Waals surface area contributed by atoms with Crippen LogP contribution in [0.3, 0.4) is 0 Å². The first-order valence-corrected chi connectivity index (χ1v) is 7.20. The van der Waals surface area contributed by atoms with Crippen molar-refractivity contribution < 1.29 is 9.18 Å². The molecule has 2 rings (SSSR count). The van der Waals surface area contributed by atoms with Crippen molar-refractivity contribution in [3.05, 3.63) is 63.9 Å². The van der Waals surface area contributed by atoms with Crippen molar-refractivity contribution in [2.24, 2.45) is 0 Å². The fourth-order valence-electron chi connectivity index (χ4n) is 1.55. The number of hydrogen-bond acceptors (Lipinski definition) is 2. The van der Waals surface area contributed by atoms with Crippen LogP contribution in [0.2, 0.25) is 10.0 Å². The van der Waals surface area contributed by atoms with Gasteiger partial charge in [0.1, 0.15) is 5.82 Å². The summed E-state index contributed by atoms with van der Waals surface area (Å²) in [4.78, 5) is 11.9.